The number of hydrogen-bond donors (Lipinski definition) is 1. The summed E-state index contributed by atoms with van der Waals surface area (Å²) >= 11 is 0. The summed E-state index contributed by atoms with van der Waals surface area (Å²) in [7, 11) is 0. The summed E-state index contributed by atoms with van der Waals surface area (Å²) in [4.78, 5) is 2.63. The number of rotatable bonds is 3. The van der Waals surface area contributed by atoms with Gasteiger partial charge in [-0.3, -0.25) is 4.90 Å². The molecular weight excluding hydrogens is 200 g/mol. The molecule has 1 saturated carbocycles. The minimum atomic E-state index is 0.443. The van der Waals surface area contributed by atoms with E-state index in [0.717, 1.165) is 38.9 Å². The number of hydrogen-bond acceptors (Lipinski definition) is 3. The van der Waals surface area contributed by atoms with Gasteiger partial charge in [-0.2, -0.15) is 0 Å². The van der Waals surface area contributed by atoms with Crippen LogP contribution in [0.1, 0.15) is 33.6 Å². The molecule has 0 bridgehead atoms. The molecule has 16 heavy (non-hydrogen) atoms. The van der Waals surface area contributed by atoms with Gasteiger partial charge in [0.1, 0.15) is 0 Å². The van der Waals surface area contributed by atoms with E-state index in [0.29, 0.717) is 11.5 Å². The maximum Gasteiger partial charge on any atom is 0.0594 e. The van der Waals surface area contributed by atoms with Crippen LogP contribution in [0.15, 0.2) is 0 Å². The van der Waals surface area contributed by atoms with E-state index in [2.05, 4.69) is 31.0 Å². The molecule has 94 valence electrons. The van der Waals surface area contributed by atoms with Crippen LogP contribution in [0.25, 0.3) is 0 Å². The molecule has 2 unspecified atom stereocenters. The van der Waals surface area contributed by atoms with Crippen molar-refractivity contribution in [1.29, 1.82) is 0 Å². The first kappa shape index (κ1) is 12.3. The molecule has 1 heterocycles. The monoisotopic (exact) mass is 226 g/mol. The summed E-state index contributed by atoms with van der Waals surface area (Å²) in [6.07, 6.45) is 2.68. The lowest BCUT2D eigenvalue weighted by Crippen LogP contribution is -2.54. The molecule has 0 amide bonds. The van der Waals surface area contributed by atoms with E-state index in [1.165, 1.54) is 12.8 Å². The quantitative estimate of drug-likeness (QED) is 0.789. The Morgan fingerprint density at radius 2 is 2.00 bits per heavy atom. The SMILES string of the molecule is CCNC1C(N2CCOCC2)CCC1(C)C. The van der Waals surface area contributed by atoms with Gasteiger partial charge < -0.3 is 10.1 Å². The van der Waals surface area contributed by atoms with Gasteiger partial charge in [0.25, 0.3) is 0 Å². The van der Waals surface area contributed by atoms with E-state index in [4.69, 9.17) is 4.74 Å². The molecule has 3 nitrogen and oxygen atoms in total. The van der Waals surface area contributed by atoms with Crippen molar-refractivity contribution < 1.29 is 4.74 Å². The summed E-state index contributed by atoms with van der Waals surface area (Å²) in [5.41, 5.74) is 0.443. The summed E-state index contributed by atoms with van der Waals surface area (Å²) in [5.74, 6) is 0. The van der Waals surface area contributed by atoms with E-state index in [9.17, 15) is 0 Å². The molecule has 0 aromatic heterocycles. The zero-order valence-corrected chi connectivity index (χ0v) is 11.0. The van der Waals surface area contributed by atoms with Gasteiger partial charge in [-0.1, -0.05) is 20.8 Å². The van der Waals surface area contributed by atoms with Crippen LogP contribution in [0, 0.1) is 5.41 Å². The second-order valence-electron chi connectivity index (χ2n) is 5.78. The van der Waals surface area contributed by atoms with E-state index in [-0.39, 0.29) is 0 Å². The topological polar surface area (TPSA) is 24.5 Å². The van der Waals surface area contributed by atoms with Crippen LogP contribution in [-0.2, 0) is 4.74 Å². The van der Waals surface area contributed by atoms with Crippen molar-refractivity contribution in [3.8, 4) is 0 Å². The van der Waals surface area contributed by atoms with Gasteiger partial charge in [0.15, 0.2) is 0 Å². The first-order chi connectivity index (χ1) is 7.65. The Kier molecular flexibility index (Phi) is 3.88. The number of morpholine rings is 1. The van der Waals surface area contributed by atoms with Gasteiger partial charge in [0.2, 0.25) is 0 Å². The third kappa shape index (κ3) is 2.41. The van der Waals surface area contributed by atoms with Crippen molar-refractivity contribution in [3.63, 3.8) is 0 Å². The number of nitrogens with zero attached hydrogens (tertiary/aromatic N) is 1. The van der Waals surface area contributed by atoms with Crippen molar-refractivity contribution in [2.45, 2.75) is 45.7 Å². The van der Waals surface area contributed by atoms with E-state index >= 15 is 0 Å². The van der Waals surface area contributed by atoms with Crippen molar-refractivity contribution >= 4 is 0 Å². The summed E-state index contributed by atoms with van der Waals surface area (Å²) in [6.45, 7) is 12.2. The first-order valence-electron chi connectivity index (χ1n) is 6.70. The molecule has 0 radical (unpaired) electrons. The fraction of sp³-hybridized carbons (Fsp3) is 1.00. The molecule has 3 heteroatoms. The largest absolute Gasteiger partial charge is 0.379 e. The summed E-state index contributed by atoms with van der Waals surface area (Å²) in [5, 5.41) is 3.70. The Labute approximate surface area is 99.5 Å². The normalized spacial score (nSPS) is 35.4. The Morgan fingerprint density at radius 1 is 1.31 bits per heavy atom. The molecular formula is C13H26N2O. The van der Waals surface area contributed by atoms with E-state index in [1.807, 2.05) is 0 Å². The molecule has 1 saturated heterocycles. The highest BCUT2D eigenvalue weighted by molar-refractivity contribution is 5.01. The van der Waals surface area contributed by atoms with Crippen LogP contribution in [0.4, 0.5) is 0 Å². The number of nitrogens with one attached hydrogen (secondary N) is 1. The van der Waals surface area contributed by atoms with E-state index in [1.54, 1.807) is 0 Å². The molecule has 0 spiro atoms. The summed E-state index contributed by atoms with van der Waals surface area (Å²) < 4.78 is 5.44. The minimum Gasteiger partial charge on any atom is -0.379 e. The molecule has 1 aliphatic carbocycles. The van der Waals surface area contributed by atoms with Crippen molar-refractivity contribution in [2.24, 2.45) is 5.41 Å². The standard InChI is InChI=1S/C13H26N2O/c1-4-14-12-11(5-6-13(12,2)3)15-7-9-16-10-8-15/h11-12,14H,4-10H2,1-3H3. The van der Waals surface area contributed by atoms with Crippen LogP contribution >= 0.6 is 0 Å². The maximum absolute atomic E-state index is 5.44. The van der Waals surface area contributed by atoms with Gasteiger partial charge >= 0.3 is 0 Å². The maximum atomic E-state index is 5.44. The molecule has 0 aromatic rings. The van der Waals surface area contributed by atoms with Crippen molar-refractivity contribution in [2.75, 3.05) is 32.8 Å². The second-order valence-corrected chi connectivity index (χ2v) is 5.78. The zero-order chi connectivity index (χ0) is 11.6. The lowest BCUT2D eigenvalue weighted by atomic mass is 9.86. The Hall–Kier alpha value is -0.120. The number of likely N-dealkylation sites (N-methyl/N-ethyl adjacent to an activating group) is 1. The first-order valence-corrected chi connectivity index (χ1v) is 6.70. The third-order valence-corrected chi connectivity index (χ3v) is 4.25. The average molecular weight is 226 g/mol. The molecule has 2 atom stereocenters. The zero-order valence-electron chi connectivity index (χ0n) is 11.0. The third-order valence-electron chi connectivity index (χ3n) is 4.25. The van der Waals surface area contributed by atoms with Crippen LogP contribution in [0.5, 0.6) is 0 Å². The van der Waals surface area contributed by atoms with E-state index < -0.39 is 0 Å². The van der Waals surface area contributed by atoms with Crippen molar-refractivity contribution in [1.82, 2.24) is 10.2 Å². The molecule has 2 rings (SSSR count). The van der Waals surface area contributed by atoms with Crippen molar-refractivity contribution in [3.05, 3.63) is 0 Å². The Morgan fingerprint density at radius 3 is 2.62 bits per heavy atom. The van der Waals surface area contributed by atoms with Gasteiger partial charge in [0, 0.05) is 25.2 Å². The molecule has 0 aromatic carbocycles. The minimum absolute atomic E-state index is 0.443. The van der Waals surface area contributed by atoms with Gasteiger partial charge in [0.05, 0.1) is 13.2 Å². The second kappa shape index (κ2) is 5.03. The molecule has 2 fully saturated rings. The highest BCUT2D eigenvalue weighted by Crippen LogP contribution is 2.39. The lowest BCUT2D eigenvalue weighted by molar-refractivity contribution is 0.00835. The summed E-state index contributed by atoms with van der Waals surface area (Å²) in [6, 6.07) is 1.37. The molecule has 1 N–H and O–H groups in total. The highest BCUT2D eigenvalue weighted by Gasteiger charge is 2.43. The number of ether oxygens (including phenoxy) is 1. The van der Waals surface area contributed by atoms with Crippen LogP contribution in [0.2, 0.25) is 0 Å². The van der Waals surface area contributed by atoms with Gasteiger partial charge in [-0.15, -0.1) is 0 Å². The van der Waals surface area contributed by atoms with Crippen LogP contribution in [0.3, 0.4) is 0 Å². The fourth-order valence-corrected chi connectivity index (χ4v) is 3.30. The average Bonchev–Trinajstić information content (AvgIpc) is 2.57. The highest BCUT2D eigenvalue weighted by atomic mass is 16.5. The lowest BCUT2D eigenvalue weighted by Gasteiger charge is -2.39. The van der Waals surface area contributed by atoms with Gasteiger partial charge in [-0.25, -0.2) is 0 Å². The predicted octanol–water partition coefficient (Wildman–Crippen LogP) is 1.49. The van der Waals surface area contributed by atoms with Gasteiger partial charge in [-0.05, 0) is 24.8 Å². The van der Waals surface area contributed by atoms with Crippen LogP contribution < -0.4 is 5.32 Å². The molecule has 1 aliphatic heterocycles. The smallest absolute Gasteiger partial charge is 0.0594 e. The molecule has 2 aliphatic rings. The predicted molar refractivity (Wildman–Crippen MR) is 66.7 cm³/mol. The Balaban J connectivity index is 2.02. The fourth-order valence-electron chi connectivity index (χ4n) is 3.30. The van der Waals surface area contributed by atoms with Crippen LogP contribution in [-0.4, -0.2) is 49.8 Å². The Bertz CT molecular complexity index is 224.